The van der Waals surface area contributed by atoms with Crippen molar-refractivity contribution in [2.75, 3.05) is 32.9 Å². The van der Waals surface area contributed by atoms with Crippen molar-refractivity contribution in [3.8, 4) is 11.5 Å². The third-order valence-electron chi connectivity index (χ3n) is 4.15. The number of hydrogen-bond acceptors (Lipinski definition) is 6. The molecule has 25 heavy (non-hydrogen) atoms. The van der Waals surface area contributed by atoms with Crippen molar-refractivity contribution in [3.63, 3.8) is 0 Å². The van der Waals surface area contributed by atoms with E-state index in [0.717, 1.165) is 0 Å². The van der Waals surface area contributed by atoms with Crippen LogP contribution in [0.2, 0.25) is 0 Å². The normalized spacial score (nSPS) is 16.6. The number of likely N-dealkylation sites (tertiary alicyclic amines) is 1. The molecule has 1 saturated heterocycles. The van der Waals surface area contributed by atoms with Gasteiger partial charge in [0.05, 0.1) is 27.0 Å². The summed E-state index contributed by atoms with van der Waals surface area (Å²) in [5.74, 6) is 0.00178. The number of esters is 1. The Hall–Kier alpha value is -2.77. The summed E-state index contributed by atoms with van der Waals surface area (Å²) >= 11 is 0. The zero-order chi connectivity index (χ0) is 18.6. The maximum atomic E-state index is 12.2. The van der Waals surface area contributed by atoms with Gasteiger partial charge in [-0.3, -0.25) is 14.5 Å². The molecular weight excluding hydrogens is 328 g/mol. The highest BCUT2D eigenvalue weighted by molar-refractivity contribution is 5.95. The third kappa shape index (κ3) is 3.84. The molecule has 0 unspecified atom stereocenters. The molecule has 0 saturated carbocycles. The van der Waals surface area contributed by atoms with Crippen LogP contribution < -0.4 is 14.4 Å². The van der Waals surface area contributed by atoms with Gasteiger partial charge in [-0.15, -0.1) is 0 Å². The Labute approximate surface area is 146 Å². The summed E-state index contributed by atoms with van der Waals surface area (Å²) in [5.41, 5.74) is 0.456. The molecule has 0 N–H and O–H groups in total. The van der Waals surface area contributed by atoms with Crippen LogP contribution in [0, 0.1) is 0 Å². The van der Waals surface area contributed by atoms with E-state index < -0.39 is 12.0 Å². The average Bonchev–Trinajstić information content (AvgIpc) is 2.98. The van der Waals surface area contributed by atoms with Crippen molar-refractivity contribution in [2.45, 2.75) is 25.8 Å². The summed E-state index contributed by atoms with van der Waals surface area (Å²) in [4.78, 5) is 39.1. The average molecular weight is 350 g/mol. The van der Waals surface area contributed by atoms with E-state index in [9.17, 15) is 14.4 Å². The van der Waals surface area contributed by atoms with Gasteiger partial charge in [-0.25, -0.2) is 4.79 Å². The molecule has 8 nitrogen and oxygen atoms in total. The van der Waals surface area contributed by atoms with Crippen LogP contribution in [-0.4, -0.2) is 56.7 Å². The number of carbonyl (C=O) groups is 3. The van der Waals surface area contributed by atoms with Gasteiger partial charge in [0.2, 0.25) is 11.8 Å². The fourth-order valence-corrected chi connectivity index (χ4v) is 2.80. The molecule has 1 aliphatic rings. The van der Waals surface area contributed by atoms with E-state index in [0.29, 0.717) is 23.6 Å². The molecule has 136 valence electrons. The summed E-state index contributed by atoms with van der Waals surface area (Å²) in [7, 11) is 4.28. The summed E-state index contributed by atoms with van der Waals surface area (Å²) in [6, 6.07) is 4.33. The van der Waals surface area contributed by atoms with Crippen molar-refractivity contribution in [1.29, 1.82) is 0 Å². The van der Waals surface area contributed by atoms with Crippen molar-refractivity contribution in [1.82, 2.24) is 4.90 Å². The number of benzene rings is 1. The third-order valence-corrected chi connectivity index (χ3v) is 4.15. The molecule has 1 aromatic carbocycles. The Kier molecular flexibility index (Phi) is 5.84. The molecule has 0 aromatic heterocycles. The van der Waals surface area contributed by atoms with E-state index >= 15 is 0 Å². The Morgan fingerprint density at radius 1 is 1.24 bits per heavy atom. The van der Waals surface area contributed by atoms with Crippen LogP contribution >= 0.6 is 0 Å². The second-order valence-corrected chi connectivity index (χ2v) is 5.57. The van der Waals surface area contributed by atoms with Crippen molar-refractivity contribution >= 4 is 23.5 Å². The van der Waals surface area contributed by atoms with Gasteiger partial charge in [0, 0.05) is 19.4 Å². The van der Waals surface area contributed by atoms with E-state index in [4.69, 9.17) is 14.2 Å². The number of rotatable bonds is 6. The predicted molar refractivity (Wildman–Crippen MR) is 89.5 cm³/mol. The number of carbonyl (C=O) groups excluding carboxylic acids is 3. The number of methoxy groups -OCH3 is 3. The second kappa shape index (κ2) is 7.87. The molecule has 1 heterocycles. The summed E-state index contributed by atoms with van der Waals surface area (Å²) < 4.78 is 15.3. The quantitative estimate of drug-likeness (QED) is 0.716. The molecule has 0 bridgehead atoms. The molecule has 1 aromatic rings. The van der Waals surface area contributed by atoms with Crippen LogP contribution in [0.5, 0.6) is 11.5 Å². The Morgan fingerprint density at radius 3 is 2.52 bits per heavy atom. The molecule has 2 rings (SSSR count). The van der Waals surface area contributed by atoms with E-state index in [1.54, 1.807) is 18.2 Å². The number of hydrogen-bond donors (Lipinski definition) is 0. The van der Waals surface area contributed by atoms with Crippen molar-refractivity contribution < 1.29 is 28.6 Å². The summed E-state index contributed by atoms with van der Waals surface area (Å²) in [6.45, 7) is 1.31. The van der Waals surface area contributed by atoms with E-state index in [1.807, 2.05) is 0 Å². The van der Waals surface area contributed by atoms with Gasteiger partial charge in [-0.2, -0.15) is 0 Å². The van der Waals surface area contributed by atoms with Gasteiger partial charge < -0.3 is 19.1 Å². The molecule has 0 radical (unpaired) electrons. The van der Waals surface area contributed by atoms with Gasteiger partial charge in [0.1, 0.15) is 24.2 Å². The Morgan fingerprint density at radius 2 is 1.96 bits per heavy atom. The lowest BCUT2D eigenvalue weighted by Crippen LogP contribution is -2.47. The van der Waals surface area contributed by atoms with Gasteiger partial charge in [-0.05, 0) is 18.6 Å². The fourth-order valence-electron chi connectivity index (χ4n) is 2.80. The van der Waals surface area contributed by atoms with E-state index in [2.05, 4.69) is 0 Å². The van der Waals surface area contributed by atoms with Gasteiger partial charge in [-0.1, -0.05) is 0 Å². The molecule has 1 fully saturated rings. The van der Waals surface area contributed by atoms with Crippen LogP contribution in [0.3, 0.4) is 0 Å². The smallest absolute Gasteiger partial charge is 0.328 e. The van der Waals surface area contributed by atoms with E-state index in [1.165, 1.54) is 38.1 Å². The predicted octanol–water partition coefficient (Wildman–Crippen LogP) is 1.18. The SMILES string of the molecule is COC(=O)[C@@H]1CCC(=O)N1CN(C(C)=O)c1cc(OC)ccc1OC. The highest BCUT2D eigenvalue weighted by Crippen LogP contribution is 2.33. The van der Waals surface area contributed by atoms with Gasteiger partial charge in [0.15, 0.2) is 0 Å². The Balaban J connectivity index is 2.37. The van der Waals surface area contributed by atoms with Crippen molar-refractivity contribution in [3.05, 3.63) is 18.2 Å². The standard InChI is InChI=1S/C17H22N2O6/c1-11(20)18(14-9-12(23-2)5-7-15(14)24-3)10-19-13(17(22)25-4)6-8-16(19)21/h5,7,9,13H,6,8,10H2,1-4H3/t13-/m0/s1. The monoisotopic (exact) mass is 350 g/mol. The number of nitrogens with zero attached hydrogens (tertiary/aromatic N) is 2. The lowest BCUT2D eigenvalue weighted by molar-refractivity contribution is -0.149. The molecular formula is C17H22N2O6. The first-order valence-corrected chi connectivity index (χ1v) is 7.80. The molecule has 1 aliphatic heterocycles. The minimum Gasteiger partial charge on any atom is -0.497 e. The first-order chi connectivity index (χ1) is 11.9. The molecule has 8 heteroatoms. The maximum absolute atomic E-state index is 12.2. The summed E-state index contributed by atoms with van der Waals surface area (Å²) in [5, 5.41) is 0. The minimum atomic E-state index is -0.698. The largest absolute Gasteiger partial charge is 0.497 e. The first kappa shape index (κ1) is 18.6. The van der Waals surface area contributed by atoms with Crippen molar-refractivity contribution in [2.24, 2.45) is 0 Å². The second-order valence-electron chi connectivity index (χ2n) is 5.57. The summed E-state index contributed by atoms with van der Waals surface area (Å²) in [6.07, 6.45) is 0.604. The van der Waals surface area contributed by atoms with Crippen LogP contribution in [0.25, 0.3) is 0 Å². The number of anilines is 1. The molecule has 2 amide bonds. The lowest BCUT2D eigenvalue weighted by atomic mass is 10.2. The Bertz CT molecular complexity index is 675. The first-order valence-electron chi connectivity index (χ1n) is 7.80. The topological polar surface area (TPSA) is 85.4 Å². The maximum Gasteiger partial charge on any atom is 0.328 e. The van der Waals surface area contributed by atoms with Crippen LogP contribution in [-0.2, 0) is 19.1 Å². The molecule has 0 spiro atoms. The zero-order valence-electron chi connectivity index (χ0n) is 14.8. The minimum absolute atomic E-state index is 0.0720. The van der Waals surface area contributed by atoms with Crippen LogP contribution in [0.4, 0.5) is 5.69 Å². The zero-order valence-corrected chi connectivity index (χ0v) is 14.8. The van der Waals surface area contributed by atoms with Gasteiger partial charge in [0.25, 0.3) is 0 Å². The fraction of sp³-hybridized carbons (Fsp3) is 0.471. The van der Waals surface area contributed by atoms with E-state index in [-0.39, 0.29) is 24.9 Å². The lowest BCUT2D eigenvalue weighted by Gasteiger charge is -2.31. The highest BCUT2D eigenvalue weighted by Gasteiger charge is 2.38. The van der Waals surface area contributed by atoms with Gasteiger partial charge >= 0.3 is 5.97 Å². The van der Waals surface area contributed by atoms with Crippen LogP contribution in [0.1, 0.15) is 19.8 Å². The van der Waals surface area contributed by atoms with Crippen LogP contribution in [0.15, 0.2) is 18.2 Å². The number of ether oxygens (including phenoxy) is 3. The number of amides is 2. The highest BCUT2D eigenvalue weighted by atomic mass is 16.5. The molecule has 1 atom stereocenters. The molecule has 0 aliphatic carbocycles.